The van der Waals surface area contributed by atoms with Crippen molar-refractivity contribution < 1.29 is 4.79 Å². The number of amides is 1. The third kappa shape index (κ3) is 3.40. The van der Waals surface area contributed by atoms with E-state index in [4.69, 9.17) is 0 Å². The van der Waals surface area contributed by atoms with Crippen LogP contribution in [0, 0.1) is 6.92 Å². The van der Waals surface area contributed by atoms with Gasteiger partial charge in [0.15, 0.2) is 0 Å². The predicted molar refractivity (Wildman–Crippen MR) is 85.9 cm³/mol. The minimum absolute atomic E-state index is 0.118. The number of rotatable bonds is 2. The van der Waals surface area contributed by atoms with Crippen molar-refractivity contribution in [2.45, 2.75) is 43.5 Å². The summed E-state index contributed by atoms with van der Waals surface area (Å²) in [6, 6.07) is 6.10. The second kappa shape index (κ2) is 6.40. The molecule has 1 aliphatic carbocycles. The predicted octanol–water partition coefficient (Wildman–Crippen LogP) is 4.54. The van der Waals surface area contributed by atoms with Gasteiger partial charge in [-0.15, -0.1) is 0 Å². The van der Waals surface area contributed by atoms with Gasteiger partial charge in [-0.3, -0.25) is 4.79 Å². The van der Waals surface area contributed by atoms with Crippen LogP contribution in [0.1, 0.15) is 41.6 Å². The van der Waals surface area contributed by atoms with Gasteiger partial charge < -0.3 is 4.90 Å². The molecular weight excluding hydrogens is 370 g/mol. The molecule has 1 fully saturated rings. The van der Waals surface area contributed by atoms with Crippen LogP contribution in [-0.2, 0) is 0 Å². The van der Waals surface area contributed by atoms with E-state index < -0.39 is 0 Å². The maximum Gasteiger partial charge on any atom is 0.253 e. The number of benzene rings is 1. The molecule has 0 aromatic heterocycles. The number of carbonyl (C=O) groups excluding carboxylic acids is 1. The molecule has 1 saturated carbocycles. The van der Waals surface area contributed by atoms with Gasteiger partial charge in [-0.2, -0.15) is 0 Å². The molecule has 2 atom stereocenters. The van der Waals surface area contributed by atoms with Crippen LogP contribution in [0.25, 0.3) is 0 Å². The summed E-state index contributed by atoms with van der Waals surface area (Å²) in [7, 11) is 1.92. The topological polar surface area (TPSA) is 20.3 Å². The Bertz CT molecular complexity index is 475. The summed E-state index contributed by atoms with van der Waals surface area (Å²) in [5, 5.41) is 0. The Kier molecular flexibility index (Phi) is 5.07. The fraction of sp³-hybridized carbons (Fsp3) is 0.533. The van der Waals surface area contributed by atoms with Crippen molar-refractivity contribution in [1.29, 1.82) is 0 Å². The van der Waals surface area contributed by atoms with Crippen LogP contribution in [-0.4, -0.2) is 28.7 Å². The molecule has 2 unspecified atom stereocenters. The van der Waals surface area contributed by atoms with Crippen molar-refractivity contribution in [1.82, 2.24) is 4.90 Å². The summed E-state index contributed by atoms with van der Waals surface area (Å²) in [4.78, 5) is 14.9. The molecule has 0 spiro atoms. The molecule has 104 valence electrons. The van der Waals surface area contributed by atoms with Gasteiger partial charge in [-0.1, -0.05) is 44.7 Å². The van der Waals surface area contributed by atoms with E-state index in [9.17, 15) is 4.79 Å². The quantitative estimate of drug-likeness (QED) is 0.681. The Hall–Kier alpha value is -0.350. The van der Waals surface area contributed by atoms with Crippen LogP contribution in [0.5, 0.6) is 0 Å². The van der Waals surface area contributed by atoms with Crippen LogP contribution >= 0.6 is 31.9 Å². The highest BCUT2D eigenvalue weighted by Crippen LogP contribution is 2.29. The van der Waals surface area contributed by atoms with E-state index in [1.54, 1.807) is 0 Å². The lowest BCUT2D eigenvalue weighted by molar-refractivity contribution is 0.0704. The monoisotopic (exact) mass is 387 g/mol. The second-order valence-electron chi connectivity index (χ2n) is 5.25. The molecule has 1 amide bonds. The van der Waals surface area contributed by atoms with Gasteiger partial charge >= 0.3 is 0 Å². The standard InChI is InChI=1S/C15H19Br2NO/c1-10-9-11(7-8-12(10)16)15(19)18(2)14-6-4-3-5-13(14)17/h7-9,13-14H,3-6H2,1-2H3. The molecular formula is C15H19Br2NO. The third-order valence-electron chi connectivity index (χ3n) is 3.87. The molecule has 0 saturated heterocycles. The summed E-state index contributed by atoms with van der Waals surface area (Å²) in [5.41, 5.74) is 1.87. The zero-order valence-electron chi connectivity index (χ0n) is 11.3. The fourth-order valence-electron chi connectivity index (χ4n) is 2.63. The first kappa shape index (κ1) is 15.0. The molecule has 2 nitrogen and oxygen atoms in total. The van der Waals surface area contributed by atoms with Crippen molar-refractivity contribution in [2.24, 2.45) is 0 Å². The van der Waals surface area contributed by atoms with Gasteiger partial charge in [-0.05, 0) is 43.5 Å². The number of hydrogen-bond donors (Lipinski definition) is 0. The summed E-state index contributed by atoms with van der Waals surface area (Å²) in [5.74, 6) is 0.118. The van der Waals surface area contributed by atoms with Crippen molar-refractivity contribution in [3.63, 3.8) is 0 Å². The van der Waals surface area contributed by atoms with Gasteiger partial charge in [0, 0.05) is 28.0 Å². The Morgan fingerprint density at radius 1 is 1.32 bits per heavy atom. The molecule has 0 heterocycles. The number of hydrogen-bond acceptors (Lipinski definition) is 1. The molecule has 1 aliphatic rings. The van der Waals surface area contributed by atoms with Crippen molar-refractivity contribution in [3.05, 3.63) is 33.8 Å². The Morgan fingerprint density at radius 2 is 2.00 bits per heavy atom. The second-order valence-corrected chi connectivity index (χ2v) is 7.28. The Balaban J connectivity index is 2.15. The summed E-state index contributed by atoms with van der Waals surface area (Å²) < 4.78 is 1.04. The highest BCUT2D eigenvalue weighted by molar-refractivity contribution is 9.10. The number of halogens is 2. The molecule has 1 aromatic rings. The average Bonchev–Trinajstić information content (AvgIpc) is 2.41. The molecule has 0 aliphatic heterocycles. The van der Waals surface area contributed by atoms with Crippen LogP contribution < -0.4 is 0 Å². The molecule has 0 N–H and O–H groups in total. The van der Waals surface area contributed by atoms with Crippen LogP contribution in [0.2, 0.25) is 0 Å². The van der Waals surface area contributed by atoms with E-state index in [0.29, 0.717) is 10.9 Å². The number of nitrogens with zero attached hydrogens (tertiary/aromatic N) is 1. The summed E-state index contributed by atoms with van der Waals surface area (Å²) in [6.45, 7) is 2.01. The molecule has 19 heavy (non-hydrogen) atoms. The molecule has 2 rings (SSSR count). The first-order valence-electron chi connectivity index (χ1n) is 6.68. The minimum atomic E-state index is 0.118. The first-order chi connectivity index (χ1) is 9.00. The zero-order valence-corrected chi connectivity index (χ0v) is 14.5. The Morgan fingerprint density at radius 3 is 2.63 bits per heavy atom. The van der Waals surface area contributed by atoms with Crippen molar-refractivity contribution >= 4 is 37.8 Å². The van der Waals surface area contributed by atoms with Crippen LogP contribution in [0.3, 0.4) is 0 Å². The summed E-state index contributed by atoms with van der Waals surface area (Å²) in [6.07, 6.45) is 4.71. The summed E-state index contributed by atoms with van der Waals surface area (Å²) >= 11 is 7.19. The van der Waals surface area contributed by atoms with Crippen molar-refractivity contribution in [3.8, 4) is 0 Å². The normalized spacial score (nSPS) is 23.2. The highest BCUT2D eigenvalue weighted by atomic mass is 79.9. The number of aryl methyl sites for hydroxylation is 1. The maximum absolute atomic E-state index is 12.5. The fourth-order valence-corrected chi connectivity index (χ4v) is 3.82. The minimum Gasteiger partial charge on any atom is -0.338 e. The van der Waals surface area contributed by atoms with E-state index in [2.05, 4.69) is 31.9 Å². The molecule has 0 radical (unpaired) electrons. The molecule has 0 bridgehead atoms. The van der Waals surface area contributed by atoms with E-state index in [1.807, 2.05) is 37.1 Å². The lowest BCUT2D eigenvalue weighted by atomic mass is 9.94. The van der Waals surface area contributed by atoms with E-state index in [0.717, 1.165) is 28.4 Å². The van der Waals surface area contributed by atoms with Gasteiger partial charge in [0.25, 0.3) is 5.91 Å². The lowest BCUT2D eigenvalue weighted by Gasteiger charge is -2.35. The largest absolute Gasteiger partial charge is 0.338 e. The molecule has 1 aromatic carbocycles. The van der Waals surface area contributed by atoms with Gasteiger partial charge in [-0.25, -0.2) is 0 Å². The van der Waals surface area contributed by atoms with E-state index in [-0.39, 0.29) is 5.91 Å². The molecule has 4 heteroatoms. The van der Waals surface area contributed by atoms with Crippen LogP contribution in [0.4, 0.5) is 0 Å². The lowest BCUT2D eigenvalue weighted by Crippen LogP contribution is -2.44. The Labute approximate surface area is 131 Å². The first-order valence-corrected chi connectivity index (χ1v) is 8.39. The number of carbonyl (C=O) groups is 1. The maximum atomic E-state index is 12.5. The van der Waals surface area contributed by atoms with Crippen LogP contribution in [0.15, 0.2) is 22.7 Å². The highest BCUT2D eigenvalue weighted by Gasteiger charge is 2.29. The van der Waals surface area contributed by atoms with Gasteiger partial charge in [0.2, 0.25) is 0 Å². The smallest absolute Gasteiger partial charge is 0.253 e. The zero-order chi connectivity index (χ0) is 14.0. The van der Waals surface area contributed by atoms with E-state index >= 15 is 0 Å². The van der Waals surface area contributed by atoms with Gasteiger partial charge in [0.1, 0.15) is 0 Å². The average molecular weight is 389 g/mol. The number of alkyl halides is 1. The third-order valence-corrected chi connectivity index (χ3v) is 5.83. The van der Waals surface area contributed by atoms with Crippen molar-refractivity contribution in [2.75, 3.05) is 7.05 Å². The van der Waals surface area contributed by atoms with E-state index in [1.165, 1.54) is 12.8 Å². The SMILES string of the molecule is Cc1cc(C(=O)N(C)C2CCCCC2Br)ccc1Br. The van der Waals surface area contributed by atoms with Gasteiger partial charge in [0.05, 0.1) is 0 Å².